The molecule has 0 saturated heterocycles. The Morgan fingerprint density at radius 3 is 2.29 bits per heavy atom. The van der Waals surface area contributed by atoms with Gasteiger partial charge in [-0.05, 0) is 32.1 Å². The Kier molecular flexibility index (Phi) is 9.78. The average molecular weight is 302 g/mol. The van der Waals surface area contributed by atoms with Gasteiger partial charge in [-0.25, -0.2) is 4.79 Å². The third-order valence-electron chi connectivity index (χ3n) is 3.23. The van der Waals surface area contributed by atoms with Crippen molar-refractivity contribution in [3.05, 3.63) is 0 Å². The highest BCUT2D eigenvalue weighted by atomic mass is 16.5. The predicted molar refractivity (Wildman–Crippen MR) is 82.3 cm³/mol. The molecule has 124 valence electrons. The summed E-state index contributed by atoms with van der Waals surface area (Å²) in [6.45, 7) is 9.38. The van der Waals surface area contributed by atoms with Crippen LogP contribution in [0.5, 0.6) is 0 Å². The summed E-state index contributed by atoms with van der Waals surface area (Å²) in [5, 5.41) is 11.8. The number of amides is 2. The molecule has 2 amide bonds. The number of carbonyl (C=O) groups excluding carboxylic acids is 1. The summed E-state index contributed by atoms with van der Waals surface area (Å²) >= 11 is 0. The molecule has 6 heteroatoms. The number of carbonyl (C=O) groups is 2. The van der Waals surface area contributed by atoms with Crippen molar-refractivity contribution in [1.82, 2.24) is 10.2 Å². The molecule has 0 saturated carbocycles. The molecule has 0 aliphatic carbocycles. The van der Waals surface area contributed by atoms with Crippen LogP contribution >= 0.6 is 0 Å². The minimum atomic E-state index is -0.824. The number of nitrogens with zero attached hydrogens (tertiary/aromatic N) is 1. The number of urea groups is 1. The molecule has 0 aromatic heterocycles. The molecule has 0 radical (unpaired) electrons. The van der Waals surface area contributed by atoms with Crippen molar-refractivity contribution in [3.63, 3.8) is 0 Å². The number of aliphatic carboxylic acids is 1. The fourth-order valence-electron chi connectivity index (χ4n) is 2.27. The van der Waals surface area contributed by atoms with Gasteiger partial charge in [-0.3, -0.25) is 4.79 Å². The molecular weight excluding hydrogens is 272 g/mol. The lowest BCUT2D eigenvalue weighted by Crippen LogP contribution is -2.46. The third kappa shape index (κ3) is 9.28. The Morgan fingerprint density at radius 2 is 1.86 bits per heavy atom. The Hall–Kier alpha value is -1.30. The normalized spacial score (nSPS) is 12.5. The summed E-state index contributed by atoms with van der Waals surface area (Å²) in [5.41, 5.74) is 0. The quantitative estimate of drug-likeness (QED) is 0.648. The van der Waals surface area contributed by atoms with Crippen LogP contribution in [-0.2, 0) is 9.53 Å². The van der Waals surface area contributed by atoms with Gasteiger partial charge < -0.3 is 20.1 Å². The van der Waals surface area contributed by atoms with Crippen LogP contribution in [-0.4, -0.2) is 54.9 Å². The van der Waals surface area contributed by atoms with Crippen molar-refractivity contribution in [1.29, 1.82) is 0 Å². The second kappa shape index (κ2) is 10.4. The van der Waals surface area contributed by atoms with E-state index in [0.717, 1.165) is 6.42 Å². The Labute approximate surface area is 127 Å². The Balaban J connectivity index is 4.45. The zero-order valence-electron chi connectivity index (χ0n) is 13.9. The number of hydrogen-bond acceptors (Lipinski definition) is 3. The zero-order valence-corrected chi connectivity index (χ0v) is 13.9. The molecule has 0 fully saturated rings. The van der Waals surface area contributed by atoms with E-state index in [1.165, 1.54) is 0 Å². The number of carboxylic acids is 1. The smallest absolute Gasteiger partial charge is 0.317 e. The number of methoxy groups -OCH3 is 1. The molecule has 0 heterocycles. The van der Waals surface area contributed by atoms with Crippen LogP contribution in [0.1, 0.15) is 40.5 Å². The molecule has 0 aliphatic rings. The van der Waals surface area contributed by atoms with E-state index in [1.54, 1.807) is 12.0 Å². The third-order valence-corrected chi connectivity index (χ3v) is 3.23. The summed E-state index contributed by atoms with van der Waals surface area (Å²) in [6.07, 6.45) is 0.866. The van der Waals surface area contributed by atoms with E-state index in [9.17, 15) is 9.59 Å². The highest BCUT2D eigenvalue weighted by Crippen LogP contribution is 2.15. The molecule has 0 aromatic carbocycles. The van der Waals surface area contributed by atoms with Gasteiger partial charge in [0.15, 0.2) is 0 Å². The summed E-state index contributed by atoms with van der Waals surface area (Å²) in [6, 6.07) is -0.0932. The minimum Gasteiger partial charge on any atom is -0.481 e. The van der Waals surface area contributed by atoms with Crippen LogP contribution in [0.4, 0.5) is 4.79 Å². The first-order valence-electron chi connectivity index (χ1n) is 7.53. The molecule has 6 nitrogen and oxygen atoms in total. The van der Waals surface area contributed by atoms with Crippen molar-refractivity contribution < 1.29 is 19.4 Å². The predicted octanol–water partition coefficient (Wildman–Crippen LogP) is 2.19. The lowest BCUT2D eigenvalue weighted by Gasteiger charge is -2.28. The lowest BCUT2D eigenvalue weighted by atomic mass is 9.94. The molecular formula is C15H30N2O4. The van der Waals surface area contributed by atoms with Gasteiger partial charge in [0, 0.05) is 32.7 Å². The lowest BCUT2D eigenvalue weighted by molar-refractivity contribution is -0.138. The SMILES string of the molecule is COCCN(C(=O)NCC(CC(=O)O)CC(C)C)C(C)C. The molecule has 0 aliphatic heterocycles. The maximum Gasteiger partial charge on any atom is 0.317 e. The van der Waals surface area contributed by atoms with Crippen LogP contribution in [0.2, 0.25) is 0 Å². The standard InChI is InChI=1S/C15H30N2O4/c1-11(2)8-13(9-14(18)19)10-16-15(20)17(12(3)4)6-7-21-5/h11-13H,6-10H2,1-5H3,(H,16,20)(H,18,19). The molecule has 0 bridgehead atoms. The van der Waals surface area contributed by atoms with Crippen molar-refractivity contribution in [2.45, 2.75) is 46.6 Å². The van der Waals surface area contributed by atoms with Gasteiger partial charge in [0.1, 0.15) is 0 Å². The van der Waals surface area contributed by atoms with Gasteiger partial charge in [0.05, 0.1) is 6.61 Å². The number of ether oxygens (including phenoxy) is 1. The number of nitrogens with one attached hydrogen (secondary N) is 1. The Morgan fingerprint density at radius 1 is 1.24 bits per heavy atom. The monoisotopic (exact) mass is 302 g/mol. The van der Waals surface area contributed by atoms with Gasteiger partial charge in [-0.1, -0.05) is 13.8 Å². The second-order valence-corrected chi connectivity index (χ2v) is 6.06. The van der Waals surface area contributed by atoms with E-state index in [-0.39, 0.29) is 24.4 Å². The molecule has 0 spiro atoms. The molecule has 1 unspecified atom stereocenters. The van der Waals surface area contributed by atoms with Gasteiger partial charge >= 0.3 is 12.0 Å². The summed E-state index contributed by atoms with van der Waals surface area (Å²) in [4.78, 5) is 24.7. The van der Waals surface area contributed by atoms with E-state index >= 15 is 0 Å². The zero-order chi connectivity index (χ0) is 16.4. The molecule has 0 aromatic rings. The minimum absolute atomic E-state index is 0.0390. The summed E-state index contributed by atoms with van der Waals surface area (Å²) in [5.74, 6) is -0.459. The van der Waals surface area contributed by atoms with Crippen molar-refractivity contribution in [3.8, 4) is 0 Å². The molecule has 21 heavy (non-hydrogen) atoms. The van der Waals surface area contributed by atoms with Crippen LogP contribution in [0.25, 0.3) is 0 Å². The number of rotatable bonds is 10. The van der Waals surface area contributed by atoms with E-state index < -0.39 is 5.97 Å². The van der Waals surface area contributed by atoms with Crippen LogP contribution in [0, 0.1) is 11.8 Å². The number of hydrogen-bond donors (Lipinski definition) is 2. The summed E-state index contributed by atoms with van der Waals surface area (Å²) < 4.78 is 5.00. The number of carboxylic acid groups (broad SMARTS) is 1. The first kappa shape index (κ1) is 19.7. The topological polar surface area (TPSA) is 78.9 Å². The fraction of sp³-hybridized carbons (Fsp3) is 0.867. The first-order valence-corrected chi connectivity index (χ1v) is 7.53. The van der Waals surface area contributed by atoms with E-state index in [1.807, 2.05) is 13.8 Å². The van der Waals surface area contributed by atoms with Gasteiger partial charge in [0.25, 0.3) is 0 Å². The average Bonchev–Trinajstić information content (AvgIpc) is 2.34. The highest BCUT2D eigenvalue weighted by molar-refractivity contribution is 5.74. The van der Waals surface area contributed by atoms with Crippen molar-refractivity contribution >= 4 is 12.0 Å². The van der Waals surface area contributed by atoms with Crippen molar-refractivity contribution in [2.75, 3.05) is 26.8 Å². The van der Waals surface area contributed by atoms with Gasteiger partial charge in [0.2, 0.25) is 0 Å². The molecule has 0 rings (SSSR count). The van der Waals surface area contributed by atoms with Crippen LogP contribution in [0.3, 0.4) is 0 Å². The Bertz CT molecular complexity index is 319. The maximum absolute atomic E-state index is 12.2. The van der Waals surface area contributed by atoms with E-state index in [4.69, 9.17) is 9.84 Å². The molecule has 1 atom stereocenters. The summed E-state index contributed by atoms with van der Waals surface area (Å²) in [7, 11) is 1.60. The van der Waals surface area contributed by atoms with Crippen LogP contribution < -0.4 is 5.32 Å². The van der Waals surface area contributed by atoms with Crippen molar-refractivity contribution in [2.24, 2.45) is 11.8 Å². The fourth-order valence-corrected chi connectivity index (χ4v) is 2.27. The second-order valence-electron chi connectivity index (χ2n) is 6.06. The van der Waals surface area contributed by atoms with E-state index in [2.05, 4.69) is 19.2 Å². The van der Waals surface area contributed by atoms with Gasteiger partial charge in [-0.2, -0.15) is 0 Å². The maximum atomic E-state index is 12.2. The first-order chi connectivity index (χ1) is 9.77. The van der Waals surface area contributed by atoms with E-state index in [0.29, 0.717) is 25.6 Å². The van der Waals surface area contributed by atoms with Gasteiger partial charge in [-0.15, -0.1) is 0 Å². The highest BCUT2D eigenvalue weighted by Gasteiger charge is 2.20. The van der Waals surface area contributed by atoms with Crippen LogP contribution in [0.15, 0.2) is 0 Å². The molecule has 2 N–H and O–H groups in total. The largest absolute Gasteiger partial charge is 0.481 e.